The molecule has 5 heteroatoms. The average Bonchev–Trinajstić information content (AvgIpc) is 2.28. The molecular weight excluding hydrogens is 230 g/mol. The van der Waals surface area contributed by atoms with Gasteiger partial charge in [0.2, 0.25) is 5.75 Å². The molecule has 0 spiro atoms. The number of methoxy groups -OCH3 is 3. The van der Waals surface area contributed by atoms with Crippen LogP contribution in [0, 0.1) is 0 Å². The molecule has 1 aromatic rings. The molecule has 0 unspecified atom stereocenters. The molecule has 0 amide bonds. The van der Waals surface area contributed by atoms with Crippen molar-refractivity contribution in [3.8, 4) is 17.2 Å². The van der Waals surface area contributed by atoms with Crippen LogP contribution in [-0.2, 0) is 6.42 Å². The molecular formula is C11H18ClNO3. The molecule has 0 aliphatic rings. The van der Waals surface area contributed by atoms with Gasteiger partial charge in [-0.1, -0.05) is 0 Å². The summed E-state index contributed by atoms with van der Waals surface area (Å²) in [5.41, 5.74) is 4.96. The largest absolute Gasteiger partial charge is 1.00 e. The number of quaternary nitrogens is 1. The predicted molar refractivity (Wildman–Crippen MR) is 57.6 cm³/mol. The second-order valence-corrected chi connectivity index (χ2v) is 3.14. The van der Waals surface area contributed by atoms with Gasteiger partial charge in [0.05, 0.1) is 27.9 Å². The normalized spacial score (nSPS) is 9.25. The van der Waals surface area contributed by atoms with E-state index in [0.717, 1.165) is 18.5 Å². The molecule has 0 atom stereocenters. The van der Waals surface area contributed by atoms with Crippen molar-refractivity contribution in [2.45, 2.75) is 6.42 Å². The van der Waals surface area contributed by atoms with Gasteiger partial charge in [-0.05, 0) is 17.7 Å². The summed E-state index contributed by atoms with van der Waals surface area (Å²) in [6.45, 7) is 0.846. The summed E-state index contributed by atoms with van der Waals surface area (Å²) in [6, 6.07) is 3.90. The van der Waals surface area contributed by atoms with Gasteiger partial charge < -0.3 is 32.4 Å². The van der Waals surface area contributed by atoms with Crippen molar-refractivity contribution in [2.75, 3.05) is 27.9 Å². The summed E-state index contributed by atoms with van der Waals surface area (Å²) in [6.07, 6.45) is 0.900. The first-order chi connectivity index (χ1) is 7.26. The maximum atomic E-state index is 5.24. The maximum absolute atomic E-state index is 5.24. The third kappa shape index (κ3) is 3.18. The van der Waals surface area contributed by atoms with E-state index in [1.165, 1.54) is 0 Å². The van der Waals surface area contributed by atoms with Gasteiger partial charge in [0.15, 0.2) is 11.5 Å². The van der Waals surface area contributed by atoms with Crippen LogP contribution in [0.1, 0.15) is 5.56 Å². The Labute approximate surface area is 102 Å². The first-order valence-electron chi connectivity index (χ1n) is 4.85. The van der Waals surface area contributed by atoms with E-state index in [4.69, 9.17) is 14.2 Å². The molecule has 1 aromatic carbocycles. The van der Waals surface area contributed by atoms with E-state index in [9.17, 15) is 0 Å². The van der Waals surface area contributed by atoms with Gasteiger partial charge in [-0.3, -0.25) is 0 Å². The van der Waals surface area contributed by atoms with Gasteiger partial charge in [-0.2, -0.15) is 0 Å². The van der Waals surface area contributed by atoms with E-state index >= 15 is 0 Å². The Balaban J connectivity index is 0.00000225. The first-order valence-corrected chi connectivity index (χ1v) is 4.85. The molecule has 0 aliphatic heterocycles. The van der Waals surface area contributed by atoms with Crippen molar-refractivity contribution in [2.24, 2.45) is 0 Å². The molecule has 0 saturated carbocycles. The molecule has 0 aliphatic carbocycles. The maximum Gasteiger partial charge on any atom is 0.203 e. The first kappa shape index (κ1) is 14.9. The molecule has 92 valence electrons. The van der Waals surface area contributed by atoms with Crippen molar-refractivity contribution in [1.82, 2.24) is 0 Å². The van der Waals surface area contributed by atoms with Gasteiger partial charge in [0.1, 0.15) is 0 Å². The van der Waals surface area contributed by atoms with E-state index in [-0.39, 0.29) is 12.4 Å². The molecule has 0 bridgehead atoms. The number of rotatable bonds is 5. The second-order valence-electron chi connectivity index (χ2n) is 3.14. The summed E-state index contributed by atoms with van der Waals surface area (Å²) in [5, 5.41) is 0. The van der Waals surface area contributed by atoms with Gasteiger partial charge in [0, 0.05) is 6.42 Å². The molecule has 16 heavy (non-hydrogen) atoms. The topological polar surface area (TPSA) is 55.3 Å². The number of halogens is 1. The minimum Gasteiger partial charge on any atom is -1.00 e. The van der Waals surface area contributed by atoms with Crippen LogP contribution in [0.4, 0.5) is 0 Å². The quantitative estimate of drug-likeness (QED) is 0.626. The van der Waals surface area contributed by atoms with Crippen LogP contribution in [0.15, 0.2) is 12.1 Å². The SMILES string of the molecule is COc1cc(CC[NH3+])cc(OC)c1OC.[Cl-]. The van der Waals surface area contributed by atoms with E-state index in [1.54, 1.807) is 21.3 Å². The van der Waals surface area contributed by atoms with E-state index in [0.29, 0.717) is 17.2 Å². The molecule has 0 aromatic heterocycles. The summed E-state index contributed by atoms with van der Waals surface area (Å²) in [7, 11) is 4.83. The highest BCUT2D eigenvalue weighted by molar-refractivity contribution is 5.53. The zero-order valence-corrected chi connectivity index (χ0v) is 10.6. The Bertz CT molecular complexity index is 306. The number of hydrogen-bond donors (Lipinski definition) is 1. The fourth-order valence-corrected chi connectivity index (χ4v) is 1.48. The highest BCUT2D eigenvalue weighted by atomic mass is 35.5. The molecule has 4 nitrogen and oxygen atoms in total. The second kappa shape index (κ2) is 7.19. The lowest BCUT2D eigenvalue weighted by atomic mass is 10.1. The highest BCUT2D eigenvalue weighted by Crippen LogP contribution is 2.38. The van der Waals surface area contributed by atoms with E-state index in [2.05, 4.69) is 5.73 Å². The van der Waals surface area contributed by atoms with Crippen molar-refractivity contribution < 1.29 is 32.4 Å². The molecule has 0 radical (unpaired) electrons. The summed E-state index contributed by atoms with van der Waals surface area (Å²) in [4.78, 5) is 0. The van der Waals surface area contributed by atoms with E-state index < -0.39 is 0 Å². The molecule has 3 N–H and O–H groups in total. The number of hydrogen-bond acceptors (Lipinski definition) is 3. The number of benzene rings is 1. The van der Waals surface area contributed by atoms with Gasteiger partial charge >= 0.3 is 0 Å². The standard InChI is InChI=1S/C11H17NO3.ClH/c1-13-9-6-8(4-5-12)7-10(14-2)11(9)15-3;/h6-7H,4-5,12H2,1-3H3;1H. The molecule has 0 heterocycles. The lowest BCUT2D eigenvalue weighted by Gasteiger charge is -2.13. The average molecular weight is 248 g/mol. The Kier molecular flexibility index (Phi) is 6.69. The molecule has 0 fully saturated rings. The fraction of sp³-hybridized carbons (Fsp3) is 0.455. The van der Waals surface area contributed by atoms with Gasteiger partial charge in [0.25, 0.3) is 0 Å². The van der Waals surface area contributed by atoms with Crippen LogP contribution in [0.5, 0.6) is 17.2 Å². The Morgan fingerprint density at radius 1 is 1.00 bits per heavy atom. The van der Waals surface area contributed by atoms with Crippen molar-refractivity contribution in [3.05, 3.63) is 17.7 Å². The van der Waals surface area contributed by atoms with Crippen LogP contribution in [0.2, 0.25) is 0 Å². The summed E-state index contributed by atoms with van der Waals surface area (Å²) >= 11 is 0. The van der Waals surface area contributed by atoms with Crippen LogP contribution >= 0.6 is 0 Å². The van der Waals surface area contributed by atoms with Crippen molar-refractivity contribution in [1.29, 1.82) is 0 Å². The Morgan fingerprint density at radius 3 is 1.81 bits per heavy atom. The third-order valence-corrected chi connectivity index (χ3v) is 2.19. The summed E-state index contributed by atoms with van der Waals surface area (Å²) < 4.78 is 15.7. The molecule has 0 saturated heterocycles. The number of ether oxygens (including phenoxy) is 3. The van der Waals surface area contributed by atoms with Crippen LogP contribution < -0.4 is 32.4 Å². The van der Waals surface area contributed by atoms with Crippen molar-refractivity contribution >= 4 is 0 Å². The van der Waals surface area contributed by atoms with Crippen LogP contribution in [0.25, 0.3) is 0 Å². The van der Waals surface area contributed by atoms with Gasteiger partial charge in [-0.15, -0.1) is 0 Å². The third-order valence-electron chi connectivity index (χ3n) is 2.19. The van der Waals surface area contributed by atoms with Crippen LogP contribution in [-0.4, -0.2) is 27.9 Å². The highest BCUT2D eigenvalue weighted by Gasteiger charge is 2.12. The van der Waals surface area contributed by atoms with Crippen LogP contribution in [0.3, 0.4) is 0 Å². The zero-order valence-electron chi connectivity index (χ0n) is 9.88. The predicted octanol–water partition coefficient (Wildman–Crippen LogP) is -2.50. The monoisotopic (exact) mass is 247 g/mol. The molecule has 1 rings (SSSR count). The fourth-order valence-electron chi connectivity index (χ4n) is 1.48. The van der Waals surface area contributed by atoms with Crippen molar-refractivity contribution in [3.63, 3.8) is 0 Å². The lowest BCUT2D eigenvalue weighted by Crippen LogP contribution is -3.00. The Hall–Kier alpha value is -1.13. The van der Waals surface area contributed by atoms with E-state index in [1.807, 2.05) is 12.1 Å². The Morgan fingerprint density at radius 2 is 1.50 bits per heavy atom. The lowest BCUT2D eigenvalue weighted by molar-refractivity contribution is -0.366. The van der Waals surface area contributed by atoms with Gasteiger partial charge in [-0.25, -0.2) is 0 Å². The zero-order chi connectivity index (χ0) is 11.3. The minimum absolute atomic E-state index is 0. The smallest absolute Gasteiger partial charge is 0.203 e. The summed E-state index contributed by atoms with van der Waals surface area (Å²) in [5.74, 6) is 2.02. The minimum atomic E-state index is 0.